The van der Waals surface area contributed by atoms with E-state index in [1.165, 1.54) is 0 Å². The van der Waals surface area contributed by atoms with E-state index in [2.05, 4.69) is 15.6 Å². The predicted molar refractivity (Wildman–Crippen MR) is 126 cm³/mol. The van der Waals surface area contributed by atoms with E-state index in [0.29, 0.717) is 16.3 Å². The summed E-state index contributed by atoms with van der Waals surface area (Å²) in [6.07, 6.45) is 3.35. The Morgan fingerprint density at radius 2 is 1.72 bits per heavy atom. The van der Waals surface area contributed by atoms with Gasteiger partial charge in [-0.05, 0) is 46.3 Å². The van der Waals surface area contributed by atoms with Gasteiger partial charge in [0.05, 0.1) is 21.3 Å². The fourth-order valence-corrected chi connectivity index (χ4v) is 3.83. The lowest BCUT2D eigenvalue weighted by atomic mass is 9.93. The van der Waals surface area contributed by atoms with Crippen molar-refractivity contribution in [3.05, 3.63) is 94.2 Å². The quantitative estimate of drug-likeness (QED) is 0.325. The van der Waals surface area contributed by atoms with Crippen molar-refractivity contribution in [2.75, 3.05) is 5.32 Å². The van der Waals surface area contributed by atoms with E-state index in [0.717, 1.165) is 21.9 Å². The number of benzene rings is 3. The molecule has 6 nitrogen and oxygen atoms in total. The van der Waals surface area contributed by atoms with Gasteiger partial charge in [-0.25, -0.2) is 9.59 Å². The summed E-state index contributed by atoms with van der Waals surface area (Å²) >= 11 is 12.1. The molecule has 3 aromatic carbocycles. The number of urea groups is 1. The zero-order valence-corrected chi connectivity index (χ0v) is 18.1. The number of carboxylic acids is 1. The fraction of sp³-hybridized carbons (Fsp3) is 0.0417. The van der Waals surface area contributed by atoms with Gasteiger partial charge in [0.25, 0.3) is 0 Å². The number of amides is 2. The predicted octanol–water partition coefficient (Wildman–Crippen LogP) is 6.23. The number of nitrogens with one attached hydrogen (secondary N) is 2. The van der Waals surface area contributed by atoms with E-state index in [1.54, 1.807) is 54.9 Å². The second-order valence-electron chi connectivity index (χ2n) is 6.95. The van der Waals surface area contributed by atoms with Gasteiger partial charge in [0.15, 0.2) is 0 Å². The number of carboxylic acid groups (broad SMARTS) is 1. The molecule has 0 aliphatic carbocycles. The molecule has 2 amide bonds. The molecule has 160 valence electrons. The molecule has 4 aromatic rings. The van der Waals surface area contributed by atoms with Crippen LogP contribution in [0.4, 0.5) is 10.5 Å². The minimum Gasteiger partial charge on any atom is -0.478 e. The van der Waals surface area contributed by atoms with Crippen LogP contribution in [-0.4, -0.2) is 22.1 Å². The standard InChI is InChI=1S/C24H17Cl2N3O3/c25-20-6-3-7-21(22(20)26)29-24(32)28-12-14-8-9-16(17-10-11-27-13-19(14)17)15-4-1-2-5-18(15)23(30)31/h1-11,13H,12H2,(H,30,31)(H2,28,29,32). The van der Waals surface area contributed by atoms with E-state index in [9.17, 15) is 14.7 Å². The Balaban J connectivity index is 1.62. The van der Waals surface area contributed by atoms with Crippen LogP contribution in [0.25, 0.3) is 21.9 Å². The first-order valence-electron chi connectivity index (χ1n) is 9.63. The normalized spacial score (nSPS) is 10.7. The van der Waals surface area contributed by atoms with Crippen molar-refractivity contribution >= 4 is 51.7 Å². The highest BCUT2D eigenvalue weighted by atomic mass is 35.5. The number of fused-ring (bicyclic) bond motifs is 1. The molecular formula is C24H17Cl2N3O3. The van der Waals surface area contributed by atoms with Crippen LogP contribution in [0.3, 0.4) is 0 Å². The topological polar surface area (TPSA) is 91.3 Å². The smallest absolute Gasteiger partial charge is 0.336 e. The molecule has 0 atom stereocenters. The van der Waals surface area contributed by atoms with Crippen molar-refractivity contribution in [3.63, 3.8) is 0 Å². The second kappa shape index (κ2) is 9.26. The molecule has 8 heteroatoms. The van der Waals surface area contributed by atoms with Gasteiger partial charge in [-0.3, -0.25) is 4.98 Å². The molecule has 3 N–H and O–H groups in total. The Bertz CT molecular complexity index is 1340. The van der Waals surface area contributed by atoms with Crippen LogP contribution < -0.4 is 10.6 Å². The number of pyridine rings is 1. The van der Waals surface area contributed by atoms with Gasteiger partial charge in [0.1, 0.15) is 0 Å². The Hall–Kier alpha value is -3.61. The molecule has 32 heavy (non-hydrogen) atoms. The van der Waals surface area contributed by atoms with E-state index < -0.39 is 12.0 Å². The third kappa shape index (κ3) is 4.37. The molecule has 4 rings (SSSR count). The summed E-state index contributed by atoms with van der Waals surface area (Å²) in [6, 6.07) is 16.9. The molecule has 0 aliphatic rings. The lowest BCUT2D eigenvalue weighted by Gasteiger charge is -2.14. The molecule has 0 spiro atoms. The Labute approximate surface area is 193 Å². The highest BCUT2D eigenvalue weighted by Gasteiger charge is 2.15. The van der Waals surface area contributed by atoms with Crippen LogP contribution in [0.15, 0.2) is 73.1 Å². The van der Waals surface area contributed by atoms with Gasteiger partial charge < -0.3 is 15.7 Å². The first-order chi connectivity index (χ1) is 15.5. The van der Waals surface area contributed by atoms with Crippen LogP contribution in [0.2, 0.25) is 10.0 Å². The number of anilines is 1. The lowest BCUT2D eigenvalue weighted by molar-refractivity contribution is 0.0697. The molecule has 0 saturated heterocycles. The second-order valence-corrected chi connectivity index (χ2v) is 7.74. The lowest BCUT2D eigenvalue weighted by Crippen LogP contribution is -2.28. The molecule has 0 bridgehead atoms. The van der Waals surface area contributed by atoms with Crippen molar-refractivity contribution < 1.29 is 14.7 Å². The number of halogens is 2. The van der Waals surface area contributed by atoms with Gasteiger partial charge in [-0.2, -0.15) is 0 Å². The maximum Gasteiger partial charge on any atom is 0.336 e. The average molecular weight is 466 g/mol. The highest BCUT2D eigenvalue weighted by Crippen LogP contribution is 2.33. The van der Waals surface area contributed by atoms with E-state index in [4.69, 9.17) is 23.2 Å². The monoisotopic (exact) mass is 465 g/mol. The van der Waals surface area contributed by atoms with E-state index >= 15 is 0 Å². The highest BCUT2D eigenvalue weighted by molar-refractivity contribution is 6.43. The molecule has 0 aliphatic heterocycles. The van der Waals surface area contributed by atoms with Gasteiger partial charge in [-0.1, -0.05) is 59.6 Å². The minimum absolute atomic E-state index is 0.217. The Morgan fingerprint density at radius 1 is 0.906 bits per heavy atom. The van der Waals surface area contributed by atoms with Gasteiger partial charge in [-0.15, -0.1) is 0 Å². The molecule has 1 heterocycles. The van der Waals surface area contributed by atoms with Gasteiger partial charge in [0, 0.05) is 24.3 Å². The van der Waals surface area contributed by atoms with E-state index in [-0.39, 0.29) is 17.1 Å². The zero-order valence-electron chi connectivity index (χ0n) is 16.6. The van der Waals surface area contributed by atoms with Crippen molar-refractivity contribution in [1.29, 1.82) is 0 Å². The maximum atomic E-state index is 12.4. The number of carbonyl (C=O) groups is 2. The third-order valence-corrected chi connectivity index (χ3v) is 5.81. The number of rotatable bonds is 5. The maximum absolute atomic E-state index is 12.4. The van der Waals surface area contributed by atoms with Crippen LogP contribution in [-0.2, 0) is 6.54 Å². The molecule has 0 radical (unpaired) electrons. The summed E-state index contributed by atoms with van der Waals surface area (Å²) in [5, 5.41) is 17.3. The van der Waals surface area contributed by atoms with Crippen molar-refractivity contribution in [3.8, 4) is 11.1 Å². The summed E-state index contributed by atoms with van der Waals surface area (Å²) in [4.78, 5) is 28.3. The fourth-order valence-electron chi connectivity index (χ4n) is 3.48. The van der Waals surface area contributed by atoms with Crippen molar-refractivity contribution in [2.45, 2.75) is 6.54 Å². The summed E-state index contributed by atoms with van der Waals surface area (Å²) in [5.74, 6) is -0.995. The number of hydrogen-bond acceptors (Lipinski definition) is 3. The number of nitrogens with zero attached hydrogens (tertiary/aromatic N) is 1. The molecule has 1 aromatic heterocycles. The van der Waals surface area contributed by atoms with Crippen molar-refractivity contribution in [1.82, 2.24) is 10.3 Å². The first-order valence-corrected chi connectivity index (χ1v) is 10.4. The van der Waals surface area contributed by atoms with Crippen molar-refractivity contribution in [2.24, 2.45) is 0 Å². The Morgan fingerprint density at radius 3 is 2.53 bits per heavy atom. The summed E-state index contributed by atoms with van der Waals surface area (Å²) in [6.45, 7) is 0.229. The Kier molecular flexibility index (Phi) is 6.25. The number of hydrogen-bond donors (Lipinski definition) is 3. The molecule has 0 saturated carbocycles. The van der Waals surface area contributed by atoms with Crippen LogP contribution in [0.5, 0.6) is 0 Å². The minimum atomic E-state index is -0.995. The summed E-state index contributed by atoms with van der Waals surface area (Å²) < 4.78 is 0. The molecule has 0 fully saturated rings. The third-order valence-electron chi connectivity index (χ3n) is 5.00. The van der Waals surface area contributed by atoms with Crippen LogP contribution in [0.1, 0.15) is 15.9 Å². The van der Waals surface area contributed by atoms with Gasteiger partial charge >= 0.3 is 12.0 Å². The van der Waals surface area contributed by atoms with Crippen LogP contribution in [0, 0.1) is 0 Å². The molecular weight excluding hydrogens is 449 g/mol. The van der Waals surface area contributed by atoms with E-state index in [1.807, 2.05) is 18.2 Å². The number of aromatic carboxylic acids is 1. The first kappa shape index (κ1) is 21.6. The summed E-state index contributed by atoms with van der Waals surface area (Å²) in [7, 11) is 0. The summed E-state index contributed by atoms with van der Waals surface area (Å²) in [5.41, 5.74) is 2.85. The average Bonchev–Trinajstić information content (AvgIpc) is 2.80. The SMILES string of the molecule is O=C(NCc1ccc(-c2ccccc2C(=O)O)c2ccncc12)Nc1cccc(Cl)c1Cl. The number of carbonyl (C=O) groups excluding carboxylic acids is 1. The van der Waals surface area contributed by atoms with Gasteiger partial charge in [0.2, 0.25) is 0 Å². The largest absolute Gasteiger partial charge is 0.478 e. The number of aromatic nitrogens is 1. The van der Waals surface area contributed by atoms with Crippen LogP contribution >= 0.6 is 23.2 Å². The molecule has 0 unspecified atom stereocenters. The zero-order chi connectivity index (χ0) is 22.7.